The van der Waals surface area contributed by atoms with Gasteiger partial charge in [-0.05, 0) is 48.9 Å². The highest BCUT2D eigenvalue weighted by Crippen LogP contribution is 2.18. The molecule has 0 aliphatic heterocycles. The third kappa shape index (κ3) is 4.33. The Morgan fingerprint density at radius 1 is 1.59 bits per heavy atom. The molecule has 4 heteroatoms. The second kappa shape index (κ2) is 6.77. The molecule has 3 N–H and O–H groups in total. The number of benzene rings is 1. The van der Waals surface area contributed by atoms with Crippen molar-refractivity contribution in [1.82, 2.24) is 0 Å². The van der Waals surface area contributed by atoms with E-state index in [9.17, 15) is 0 Å². The molecular weight excluding hydrogens is 230 g/mol. The van der Waals surface area contributed by atoms with Gasteiger partial charge in [0.05, 0.1) is 16.7 Å². The molecule has 0 saturated carbocycles. The van der Waals surface area contributed by atoms with E-state index >= 15 is 0 Å². The van der Waals surface area contributed by atoms with E-state index in [2.05, 4.69) is 6.07 Å². The molecular formula is C13H15N3S. The van der Waals surface area contributed by atoms with E-state index in [1.54, 1.807) is 18.2 Å². The molecule has 17 heavy (non-hydrogen) atoms. The highest BCUT2D eigenvalue weighted by Gasteiger charge is 2.03. The van der Waals surface area contributed by atoms with Crippen molar-refractivity contribution in [2.24, 2.45) is 0 Å². The molecule has 88 valence electrons. The minimum absolute atomic E-state index is 0.602. The van der Waals surface area contributed by atoms with Crippen molar-refractivity contribution in [3.05, 3.63) is 40.8 Å². The Kier molecular flexibility index (Phi) is 5.31. The number of nitrogens with two attached hydrogens (primary N) is 1. The summed E-state index contributed by atoms with van der Waals surface area (Å²) in [5, 5.41) is 19.0. The Morgan fingerprint density at radius 3 is 3.00 bits per heavy atom. The number of nitrogens with zero attached hydrogens (tertiary/aromatic N) is 1. The molecule has 0 heterocycles. The van der Waals surface area contributed by atoms with Crippen LogP contribution in [0.5, 0.6) is 0 Å². The Hall–Kier alpha value is -1.73. The van der Waals surface area contributed by atoms with Gasteiger partial charge in [0.15, 0.2) is 0 Å². The summed E-state index contributed by atoms with van der Waals surface area (Å²) in [6.45, 7) is 1.93. The number of rotatable bonds is 4. The molecule has 3 nitrogen and oxygen atoms in total. The van der Waals surface area contributed by atoms with Crippen molar-refractivity contribution >= 4 is 22.5 Å². The van der Waals surface area contributed by atoms with Gasteiger partial charge in [-0.1, -0.05) is 17.8 Å². The van der Waals surface area contributed by atoms with Crippen molar-refractivity contribution in [2.75, 3.05) is 5.73 Å². The van der Waals surface area contributed by atoms with Crippen molar-refractivity contribution in [3.8, 4) is 6.07 Å². The van der Waals surface area contributed by atoms with Gasteiger partial charge in [-0.2, -0.15) is 5.26 Å². The zero-order valence-corrected chi connectivity index (χ0v) is 10.6. The highest BCUT2D eigenvalue weighted by molar-refractivity contribution is 8.16. The lowest BCUT2D eigenvalue weighted by Gasteiger charge is -2.05. The summed E-state index contributed by atoms with van der Waals surface area (Å²) in [6, 6.07) is 7.34. The third-order valence-corrected chi connectivity index (χ3v) is 3.14. The van der Waals surface area contributed by atoms with E-state index in [-0.39, 0.29) is 0 Å². The van der Waals surface area contributed by atoms with E-state index in [4.69, 9.17) is 16.4 Å². The van der Waals surface area contributed by atoms with Gasteiger partial charge in [-0.3, -0.25) is 5.41 Å². The van der Waals surface area contributed by atoms with Gasteiger partial charge in [0.2, 0.25) is 0 Å². The van der Waals surface area contributed by atoms with Crippen LogP contribution in [0.2, 0.25) is 0 Å². The first-order valence-electron chi connectivity index (χ1n) is 5.31. The number of allylic oxidation sites excluding steroid dienone is 1. The predicted molar refractivity (Wildman–Crippen MR) is 74.0 cm³/mol. The zero-order valence-electron chi connectivity index (χ0n) is 9.73. The molecule has 0 aromatic heterocycles. The molecule has 0 atom stereocenters. The molecule has 1 aromatic carbocycles. The van der Waals surface area contributed by atoms with Crippen molar-refractivity contribution in [3.63, 3.8) is 0 Å². The molecule has 0 radical (unpaired) electrons. The van der Waals surface area contributed by atoms with Gasteiger partial charge in [0.1, 0.15) is 0 Å². The number of nitrogen functional groups attached to an aromatic ring is 1. The summed E-state index contributed by atoms with van der Waals surface area (Å²) in [7, 11) is 0. The Morgan fingerprint density at radius 2 is 2.35 bits per heavy atom. The third-order valence-electron chi connectivity index (χ3n) is 2.24. The molecule has 1 rings (SSSR count). The quantitative estimate of drug-likeness (QED) is 0.485. The minimum atomic E-state index is 0.602. The molecule has 0 aliphatic rings. The Labute approximate surface area is 106 Å². The van der Waals surface area contributed by atoms with Crippen LogP contribution in [0.25, 0.3) is 0 Å². The standard InChI is InChI=1S/C13H15N3S/c1-2-7-17-13(16)6-4-11-8-10(9-14)3-5-12(11)15/h2-3,5,7-8,16H,4,6,15H2,1H3/b7-2-,16-13?. The molecule has 0 amide bonds. The van der Waals surface area contributed by atoms with E-state index in [0.717, 1.165) is 5.56 Å². The average Bonchev–Trinajstić information content (AvgIpc) is 2.35. The molecule has 0 unspecified atom stereocenters. The maximum absolute atomic E-state index is 8.80. The number of anilines is 1. The van der Waals surface area contributed by atoms with Gasteiger partial charge >= 0.3 is 0 Å². The first-order chi connectivity index (χ1) is 8.17. The summed E-state index contributed by atoms with van der Waals surface area (Å²) in [6.07, 6.45) is 3.25. The second-order valence-electron chi connectivity index (χ2n) is 3.54. The predicted octanol–water partition coefficient (Wildman–Crippen LogP) is 3.32. The van der Waals surface area contributed by atoms with Gasteiger partial charge in [0.25, 0.3) is 0 Å². The van der Waals surface area contributed by atoms with Gasteiger partial charge in [-0.15, -0.1) is 0 Å². The summed E-state index contributed by atoms with van der Waals surface area (Å²) >= 11 is 1.41. The largest absolute Gasteiger partial charge is 0.399 e. The summed E-state index contributed by atoms with van der Waals surface area (Å²) < 4.78 is 0. The number of hydrogen-bond donors (Lipinski definition) is 2. The van der Waals surface area contributed by atoms with Gasteiger partial charge in [0, 0.05) is 5.69 Å². The molecule has 1 aromatic rings. The topological polar surface area (TPSA) is 73.7 Å². The fourth-order valence-corrected chi connectivity index (χ4v) is 1.87. The molecule has 0 saturated heterocycles. The van der Waals surface area contributed by atoms with Crippen LogP contribution in [0.3, 0.4) is 0 Å². The minimum Gasteiger partial charge on any atom is -0.399 e. The van der Waals surface area contributed by atoms with E-state index in [1.807, 2.05) is 18.4 Å². The molecule has 0 spiro atoms. The number of nitrogens with one attached hydrogen (secondary N) is 1. The van der Waals surface area contributed by atoms with Crippen LogP contribution in [0.15, 0.2) is 29.7 Å². The smallest absolute Gasteiger partial charge is 0.0991 e. The maximum Gasteiger partial charge on any atom is 0.0991 e. The Bertz CT molecular complexity index is 472. The van der Waals surface area contributed by atoms with Gasteiger partial charge in [-0.25, -0.2) is 0 Å². The van der Waals surface area contributed by atoms with Crippen LogP contribution in [0.4, 0.5) is 5.69 Å². The van der Waals surface area contributed by atoms with Gasteiger partial charge < -0.3 is 5.73 Å². The zero-order chi connectivity index (χ0) is 12.7. The van der Waals surface area contributed by atoms with Crippen LogP contribution >= 0.6 is 11.8 Å². The lowest BCUT2D eigenvalue weighted by molar-refractivity contribution is 1.05. The van der Waals surface area contributed by atoms with Crippen molar-refractivity contribution < 1.29 is 0 Å². The summed E-state index contributed by atoms with van der Waals surface area (Å²) in [5.74, 6) is 0. The Balaban J connectivity index is 2.63. The fourth-order valence-electron chi connectivity index (χ4n) is 1.35. The monoisotopic (exact) mass is 245 g/mol. The first kappa shape index (κ1) is 13.3. The van der Waals surface area contributed by atoms with Crippen molar-refractivity contribution in [2.45, 2.75) is 19.8 Å². The van der Waals surface area contributed by atoms with Crippen LogP contribution in [-0.2, 0) is 6.42 Å². The normalized spacial score (nSPS) is 10.4. The number of aryl methyl sites for hydroxylation is 1. The second-order valence-corrected chi connectivity index (χ2v) is 4.54. The van der Waals surface area contributed by atoms with Crippen LogP contribution in [-0.4, -0.2) is 5.04 Å². The van der Waals surface area contributed by atoms with Crippen LogP contribution in [0.1, 0.15) is 24.5 Å². The van der Waals surface area contributed by atoms with E-state index in [0.29, 0.717) is 29.1 Å². The highest BCUT2D eigenvalue weighted by atomic mass is 32.2. The summed E-state index contributed by atoms with van der Waals surface area (Å²) in [5.41, 5.74) is 8.07. The van der Waals surface area contributed by atoms with E-state index in [1.165, 1.54) is 11.8 Å². The van der Waals surface area contributed by atoms with Crippen molar-refractivity contribution in [1.29, 1.82) is 10.7 Å². The number of nitriles is 1. The SMILES string of the molecule is C/C=C\SC(=N)CCc1cc(C#N)ccc1N. The number of hydrogen-bond acceptors (Lipinski definition) is 4. The van der Waals surface area contributed by atoms with E-state index < -0.39 is 0 Å². The maximum atomic E-state index is 8.80. The van der Waals surface area contributed by atoms with Crippen LogP contribution < -0.4 is 5.73 Å². The first-order valence-corrected chi connectivity index (χ1v) is 6.19. The molecule has 0 fully saturated rings. The fraction of sp³-hybridized carbons (Fsp3) is 0.231. The lowest BCUT2D eigenvalue weighted by atomic mass is 10.1. The van der Waals surface area contributed by atoms with Crippen LogP contribution in [0, 0.1) is 16.7 Å². The number of thioether (sulfide) groups is 1. The summed E-state index contributed by atoms with van der Waals surface area (Å²) in [4.78, 5) is 0. The average molecular weight is 245 g/mol. The molecule has 0 bridgehead atoms. The molecule has 0 aliphatic carbocycles. The lowest BCUT2D eigenvalue weighted by Crippen LogP contribution is -1.98.